The van der Waals surface area contributed by atoms with Crippen LogP contribution in [0.3, 0.4) is 0 Å². The molecule has 2 heterocycles. The quantitative estimate of drug-likeness (QED) is 0.417. The molecule has 6 nitrogen and oxygen atoms in total. The topological polar surface area (TPSA) is 92.7 Å². The first-order valence-electron chi connectivity index (χ1n) is 8.68. The van der Waals surface area contributed by atoms with Gasteiger partial charge < -0.3 is 14.8 Å². The number of β-lactam (4-membered cyclic amide) rings is 1. The van der Waals surface area contributed by atoms with Gasteiger partial charge in [0.25, 0.3) is 0 Å². The minimum absolute atomic E-state index is 0.0387. The number of hydrogen-bond acceptors (Lipinski definition) is 5. The number of rotatable bonds is 7. The summed E-state index contributed by atoms with van der Waals surface area (Å²) in [6.07, 6.45) is -0.110. The van der Waals surface area contributed by atoms with Crippen LogP contribution < -0.4 is 5.32 Å². The number of nitrogens with one attached hydrogen (secondary N) is 1. The van der Waals surface area contributed by atoms with Gasteiger partial charge >= 0.3 is 5.97 Å². The molecular weight excluding hydrogens is 370 g/mol. The highest BCUT2D eigenvalue weighted by atomic mass is 32.1. The van der Waals surface area contributed by atoms with Gasteiger partial charge in [0.2, 0.25) is 5.91 Å². The zero-order chi connectivity index (χ0) is 19.9. The van der Waals surface area contributed by atoms with Crippen molar-refractivity contribution >= 4 is 37.3 Å². The maximum Gasteiger partial charge on any atom is 0.345 e. The van der Waals surface area contributed by atoms with Crippen LogP contribution in [0.25, 0.3) is 0 Å². The van der Waals surface area contributed by atoms with Crippen molar-refractivity contribution in [2.24, 2.45) is 5.92 Å². The summed E-state index contributed by atoms with van der Waals surface area (Å²) in [7, 11) is -2.01. The lowest BCUT2D eigenvalue weighted by Gasteiger charge is -2.45. The van der Waals surface area contributed by atoms with Gasteiger partial charge in [0.1, 0.15) is 4.88 Å². The fourth-order valence-electron chi connectivity index (χ4n) is 2.79. The van der Waals surface area contributed by atoms with Crippen LogP contribution in [0.2, 0.25) is 18.1 Å². The molecule has 2 N–H and O–H groups in total. The molecule has 1 amide bonds. The summed E-state index contributed by atoms with van der Waals surface area (Å²) in [5, 5.41) is 11.8. The van der Waals surface area contributed by atoms with Crippen LogP contribution >= 0.6 is 11.3 Å². The van der Waals surface area contributed by atoms with E-state index < -0.39 is 14.3 Å². The lowest BCUT2D eigenvalue weighted by Crippen LogP contribution is -2.64. The predicted octanol–water partition coefficient (Wildman–Crippen LogP) is 3.54. The van der Waals surface area contributed by atoms with Gasteiger partial charge in [-0.25, -0.2) is 4.79 Å². The highest BCUT2D eigenvalue weighted by Crippen LogP contribution is 2.39. The monoisotopic (exact) mass is 397 g/mol. The van der Waals surface area contributed by atoms with E-state index >= 15 is 0 Å². The Kier molecular flexibility index (Phi) is 5.79. The van der Waals surface area contributed by atoms with Crippen LogP contribution in [0.1, 0.15) is 53.5 Å². The number of thiophene rings is 1. The first-order chi connectivity index (χ1) is 11.8. The molecule has 0 aliphatic carbocycles. The van der Waals surface area contributed by atoms with Gasteiger partial charge in [-0.05, 0) is 37.2 Å². The molecule has 0 saturated carbocycles. The Morgan fingerprint density at radius 3 is 2.35 bits per heavy atom. The third-order valence-corrected chi connectivity index (χ3v) is 11.0. The summed E-state index contributed by atoms with van der Waals surface area (Å²) in [4.78, 5) is 36.0. The Bertz CT molecular complexity index is 721. The number of carbonyl (C=O) groups is 3. The van der Waals surface area contributed by atoms with Crippen molar-refractivity contribution in [3.8, 4) is 0 Å². The van der Waals surface area contributed by atoms with Gasteiger partial charge in [0.05, 0.1) is 22.9 Å². The van der Waals surface area contributed by atoms with Crippen molar-refractivity contribution < 1.29 is 23.9 Å². The number of Topliss-reactive ketones (excluding diaryl/α,β-unsaturated/α-hetero) is 1. The lowest BCUT2D eigenvalue weighted by atomic mass is 9.83. The summed E-state index contributed by atoms with van der Waals surface area (Å²) >= 11 is 0.963. The second kappa shape index (κ2) is 7.25. The van der Waals surface area contributed by atoms with Gasteiger partial charge in [-0.15, -0.1) is 11.3 Å². The van der Waals surface area contributed by atoms with Crippen molar-refractivity contribution in [2.75, 3.05) is 0 Å². The van der Waals surface area contributed by atoms with Crippen molar-refractivity contribution in [3.63, 3.8) is 0 Å². The zero-order valence-corrected chi connectivity index (χ0v) is 17.9. The molecule has 1 aromatic rings. The molecule has 144 valence electrons. The molecule has 1 aliphatic heterocycles. The second-order valence-electron chi connectivity index (χ2n) is 8.32. The fourth-order valence-corrected chi connectivity index (χ4v) is 5.01. The number of amides is 1. The number of carboxylic acids is 1. The standard InChI is InChI=1S/C18H27NO5SSi/c1-10(24-26(5,6)18(2,3)4)15-11(19-16(15)21)9-12(20)13-7-8-14(25-13)17(22)23/h7-8,10-11,15H,9H2,1-6H3,(H,19,21)(H,22,23)/t10-,11-,15-/m1/s1. The molecule has 0 spiro atoms. The Balaban J connectivity index is 2.03. The van der Waals surface area contributed by atoms with Crippen molar-refractivity contribution in [1.29, 1.82) is 0 Å². The van der Waals surface area contributed by atoms with Crippen molar-refractivity contribution in [2.45, 2.75) is 64.4 Å². The Hall–Kier alpha value is -1.51. The van der Waals surface area contributed by atoms with E-state index in [0.29, 0.717) is 4.88 Å². The Morgan fingerprint density at radius 2 is 1.88 bits per heavy atom. The minimum atomic E-state index is -2.01. The van der Waals surface area contributed by atoms with E-state index in [1.807, 2.05) is 6.92 Å². The van der Waals surface area contributed by atoms with Crippen LogP contribution in [-0.4, -0.2) is 43.2 Å². The first kappa shape index (κ1) is 20.8. The number of carboxylic acid groups (broad SMARTS) is 1. The molecule has 0 radical (unpaired) electrons. The van der Waals surface area contributed by atoms with Crippen LogP contribution in [0.5, 0.6) is 0 Å². The van der Waals surface area contributed by atoms with Gasteiger partial charge in [-0.3, -0.25) is 9.59 Å². The van der Waals surface area contributed by atoms with Gasteiger partial charge in [0, 0.05) is 6.42 Å². The average Bonchev–Trinajstić information content (AvgIpc) is 2.94. The zero-order valence-electron chi connectivity index (χ0n) is 16.1. The van der Waals surface area contributed by atoms with E-state index in [0.717, 1.165) is 11.3 Å². The number of hydrogen-bond donors (Lipinski definition) is 2. The molecule has 0 aromatic carbocycles. The normalized spacial score (nSPS) is 21.7. The number of ketones is 1. The number of carbonyl (C=O) groups excluding carboxylic acids is 2. The maximum absolute atomic E-state index is 12.4. The van der Waals surface area contributed by atoms with E-state index in [1.165, 1.54) is 12.1 Å². The molecule has 3 atom stereocenters. The first-order valence-corrected chi connectivity index (χ1v) is 12.4. The summed E-state index contributed by atoms with van der Waals surface area (Å²) < 4.78 is 6.32. The summed E-state index contributed by atoms with van der Waals surface area (Å²) in [5.74, 6) is -1.64. The summed E-state index contributed by atoms with van der Waals surface area (Å²) in [6.45, 7) is 12.6. The molecule has 8 heteroatoms. The van der Waals surface area contributed by atoms with Gasteiger partial charge in [-0.1, -0.05) is 20.8 Å². The molecule has 0 unspecified atom stereocenters. The Labute approximate surface area is 159 Å². The molecule has 2 rings (SSSR count). The third-order valence-electron chi connectivity index (χ3n) is 5.35. The molecular formula is C18H27NO5SSi. The van der Waals surface area contributed by atoms with Gasteiger partial charge in [0.15, 0.2) is 14.1 Å². The molecule has 1 fully saturated rings. The van der Waals surface area contributed by atoms with Crippen LogP contribution in [-0.2, 0) is 9.22 Å². The van der Waals surface area contributed by atoms with E-state index in [-0.39, 0.29) is 46.1 Å². The van der Waals surface area contributed by atoms with E-state index in [1.54, 1.807) is 0 Å². The van der Waals surface area contributed by atoms with Crippen LogP contribution in [0.15, 0.2) is 12.1 Å². The SMILES string of the molecule is C[C@@H](O[Si](C)(C)C(C)(C)C)[C@H]1C(=O)N[C@@H]1CC(=O)c1ccc(C(=O)O)s1. The summed E-state index contributed by atoms with van der Waals surface area (Å²) in [6, 6.07) is 2.69. The van der Waals surface area contributed by atoms with Crippen molar-refractivity contribution in [1.82, 2.24) is 5.32 Å². The van der Waals surface area contributed by atoms with Crippen molar-refractivity contribution in [3.05, 3.63) is 21.9 Å². The lowest BCUT2D eigenvalue weighted by molar-refractivity contribution is -0.139. The molecule has 1 aliphatic rings. The van der Waals surface area contributed by atoms with Crippen LogP contribution in [0, 0.1) is 5.92 Å². The molecule has 1 aromatic heterocycles. The van der Waals surface area contributed by atoms with E-state index in [4.69, 9.17) is 9.53 Å². The Morgan fingerprint density at radius 1 is 1.31 bits per heavy atom. The van der Waals surface area contributed by atoms with E-state index in [2.05, 4.69) is 39.2 Å². The highest BCUT2D eigenvalue weighted by molar-refractivity contribution is 7.15. The fraction of sp³-hybridized carbons (Fsp3) is 0.611. The van der Waals surface area contributed by atoms with Gasteiger partial charge in [-0.2, -0.15) is 0 Å². The van der Waals surface area contributed by atoms with E-state index in [9.17, 15) is 14.4 Å². The van der Waals surface area contributed by atoms with Crippen LogP contribution in [0.4, 0.5) is 0 Å². The second-order valence-corrected chi connectivity index (χ2v) is 14.2. The third kappa shape index (κ3) is 4.24. The molecule has 26 heavy (non-hydrogen) atoms. The smallest absolute Gasteiger partial charge is 0.345 e. The summed E-state index contributed by atoms with van der Waals surface area (Å²) in [5.41, 5.74) is 0. The number of aromatic carboxylic acids is 1. The maximum atomic E-state index is 12.4. The minimum Gasteiger partial charge on any atom is -0.477 e. The predicted molar refractivity (Wildman–Crippen MR) is 103 cm³/mol. The molecule has 1 saturated heterocycles. The highest BCUT2D eigenvalue weighted by Gasteiger charge is 2.47. The molecule has 0 bridgehead atoms. The largest absolute Gasteiger partial charge is 0.477 e. The average molecular weight is 398 g/mol.